The fraction of sp³-hybridized carbons (Fsp3) is 0.588. The highest BCUT2D eigenvalue weighted by atomic mass is 19.1. The van der Waals surface area contributed by atoms with Crippen LogP contribution in [0.3, 0.4) is 0 Å². The molecule has 116 valence electrons. The Bertz CT molecular complexity index is 505. The predicted octanol–water partition coefficient (Wildman–Crippen LogP) is 4.33. The van der Waals surface area contributed by atoms with Gasteiger partial charge in [-0.05, 0) is 43.7 Å². The molecule has 0 aliphatic heterocycles. The van der Waals surface area contributed by atoms with E-state index in [-0.39, 0.29) is 17.1 Å². The second kappa shape index (κ2) is 6.92. The van der Waals surface area contributed by atoms with Gasteiger partial charge in [-0.3, -0.25) is 4.79 Å². The van der Waals surface area contributed by atoms with Crippen LogP contribution in [-0.2, 0) is 0 Å². The molecule has 1 aromatic carbocycles. The van der Waals surface area contributed by atoms with E-state index in [4.69, 9.17) is 4.74 Å². The number of hydrogen-bond donors (Lipinski definition) is 1. The maximum Gasteiger partial charge on any atom is 0.207 e. The Labute approximate surface area is 125 Å². The standard InChI is InChI=1S/C17H23FO3/c1-3-21-15-9-8-13(17(20)16(15)18)14(19)10-12-6-4-11(2)5-7-12/h8-9,11-12,20H,3-7,10H2,1-2H3. The Morgan fingerprint density at radius 2 is 2.00 bits per heavy atom. The summed E-state index contributed by atoms with van der Waals surface area (Å²) in [4.78, 5) is 12.3. The normalized spacial score (nSPS) is 22.0. The van der Waals surface area contributed by atoms with Gasteiger partial charge in [-0.2, -0.15) is 4.39 Å². The smallest absolute Gasteiger partial charge is 0.207 e. The average molecular weight is 294 g/mol. The van der Waals surface area contributed by atoms with E-state index in [1.807, 2.05) is 0 Å². The van der Waals surface area contributed by atoms with Gasteiger partial charge in [-0.15, -0.1) is 0 Å². The molecule has 4 heteroatoms. The van der Waals surface area contributed by atoms with Gasteiger partial charge in [0.2, 0.25) is 5.82 Å². The van der Waals surface area contributed by atoms with Crippen molar-refractivity contribution in [2.24, 2.45) is 11.8 Å². The molecule has 0 unspecified atom stereocenters. The van der Waals surface area contributed by atoms with Gasteiger partial charge < -0.3 is 9.84 Å². The Morgan fingerprint density at radius 1 is 1.33 bits per heavy atom. The zero-order valence-electron chi connectivity index (χ0n) is 12.7. The van der Waals surface area contributed by atoms with E-state index in [0.717, 1.165) is 31.6 Å². The molecule has 0 spiro atoms. The number of aromatic hydroxyl groups is 1. The van der Waals surface area contributed by atoms with Crippen molar-refractivity contribution in [3.8, 4) is 11.5 Å². The number of Topliss-reactive ketones (excluding diaryl/α,β-unsaturated/α-hetero) is 1. The minimum absolute atomic E-state index is 0.0157. The number of carbonyl (C=O) groups is 1. The zero-order valence-corrected chi connectivity index (χ0v) is 12.7. The molecule has 2 rings (SSSR count). The van der Waals surface area contributed by atoms with Crippen molar-refractivity contribution < 1.29 is 19.0 Å². The number of phenols is 1. The van der Waals surface area contributed by atoms with Gasteiger partial charge in [0, 0.05) is 6.42 Å². The molecule has 0 saturated heterocycles. The molecule has 0 radical (unpaired) electrons. The fourth-order valence-corrected chi connectivity index (χ4v) is 2.94. The summed E-state index contributed by atoms with van der Waals surface area (Å²) < 4.78 is 19.0. The number of halogens is 1. The van der Waals surface area contributed by atoms with Crippen LogP contribution in [0.4, 0.5) is 4.39 Å². The average Bonchev–Trinajstić information content (AvgIpc) is 2.46. The topological polar surface area (TPSA) is 46.5 Å². The summed E-state index contributed by atoms with van der Waals surface area (Å²) in [6.07, 6.45) is 4.73. The number of rotatable bonds is 5. The number of ether oxygens (including phenoxy) is 1. The summed E-state index contributed by atoms with van der Waals surface area (Å²) in [6.45, 7) is 4.27. The molecular formula is C17H23FO3. The van der Waals surface area contributed by atoms with Crippen molar-refractivity contribution >= 4 is 5.78 Å². The van der Waals surface area contributed by atoms with E-state index in [2.05, 4.69) is 6.92 Å². The SMILES string of the molecule is CCOc1ccc(C(=O)CC2CCC(C)CC2)c(O)c1F. The largest absolute Gasteiger partial charge is 0.504 e. The molecule has 1 N–H and O–H groups in total. The molecule has 21 heavy (non-hydrogen) atoms. The van der Waals surface area contributed by atoms with Crippen molar-refractivity contribution in [2.45, 2.75) is 46.0 Å². The van der Waals surface area contributed by atoms with Crippen LogP contribution in [0.5, 0.6) is 11.5 Å². The van der Waals surface area contributed by atoms with Crippen LogP contribution in [0.1, 0.15) is 56.3 Å². The van der Waals surface area contributed by atoms with E-state index in [0.29, 0.717) is 18.9 Å². The first-order valence-electron chi connectivity index (χ1n) is 7.70. The first-order chi connectivity index (χ1) is 10.0. The number of carbonyl (C=O) groups excluding carboxylic acids is 1. The minimum atomic E-state index is -0.847. The summed E-state index contributed by atoms with van der Waals surface area (Å²) in [7, 11) is 0. The molecule has 3 nitrogen and oxygen atoms in total. The lowest BCUT2D eigenvalue weighted by Crippen LogP contribution is -2.16. The van der Waals surface area contributed by atoms with Crippen LogP contribution < -0.4 is 4.74 Å². The highest BCUT2D eigenvalue weighted by molar-refractivity contribution is 5.99. The van der Waals surface area contributed by atoms with Gasteiger partial charge in [0.05, 0.1) is 12.2 Å². The second-order valence-electron chi connectivity index (χ2n) is 5.96. The first-order valence-corrected chi connectivity index (χ1v) is 7.70. The second-order valence-corrected chi connectivity index (χ2v) is 5.96. The lowest BCUT2D eigenvalue weighted by Gasteiger charge is -2.25. The molecule has 0 amide bonds. The third kappa shape index (κ3) is 3.74. The quantitative estimate of drug-likeness (QED) is 0.822. The van der Waals surface area contributed by atoms with Gasteiger partial charge >= 0.3 is 0 Å². The molecule has 0 aromatic heterocycles. The summed E-state index contributed by atoms with van der Waals surface area (Å²) in [6, 6.07) is 2.87. The van der Waals surface area contributed by atoms with Crippen molar-refractivity contribution in [3.63, 3.8) is 0 Å². The summed E-state index contributed by atoms with van der Waals surface area (Å²) >= 11 is 0. The summed E-state index contributed by atoms with van der Waals surface area (Å²) in [5, 5.41) is 9.87. The molecule has 1 saturated carbocycles. The molecule has 0 atom stereocenters. The van der Waals surface area contributed by atoms with Gasteiger partial charge in [-0.1, -0.05) is 19.8 Å². The van der Waals surface area contributed by atoms with E-state index < -0.39 is 11.6 Å². The predicted molar refractivity (Wildman–Crippen MR) is 79.3 cm³/mol. The highest BCUT2D eigenvalue weighted by Gasteiger charge is 2.24. The Morgan fingerprint density at radius 3 is 2.62 bits per heavy atom. The van der Waals surface area contributed by atoms with Crippen molar-refractivity contribution in [1.29, 1.82) is 0 Å². The van der Waals surface area contributed by atoms with E-state index in [1.54, 1.807) is 6.92 Å². The number of ketones is 1. The van der Waals surface area contributed by atoms with Gasteiger partial charge in [0.1, 0.15) is 0 Å². The van der Waals surface area contributed by atoms with Crippen LogP contribution in [0, 0.1) is 17.7 Å². The van der Waals surface area contributed by atoms with E-state index in [9.17, 15) is 14.3 Å². The maximum absolute atomic E-state index is 13.9. The highest BCUT2D eigenvalue weighted by Crippen LogP contribution is 2.34. The minimum Gasteiger partial charge on any atom is -0.504 e. The van der Waals surface area contributed by atoms with Crippen LogP contribution in [0.2, 0.25) is 0 Å². The van der Waals surface area contributed by atoms with Gasteiger partial charge in [-0.25, -0.2) is 0 Å². The van der Waals surface area contributed by atoms with Crippen LogP contribution >= 0.6 is 0 Å². The fourth-order valence-electron chi connectivity index (χ4n) is 2.94. The third-order valence-corrected chi connectivity index (χ3v) is 4.29. The summed E-state index contributed by atoms with van der Waals surface area (Å²) in [5.41, 5.74) is 0.0644. The lowest BCUT2D eigenvalue weighted by molar-refractivity contribution is 0.0940. The number of benzene rings is 1. The van der Waals surface area contributed by atoms with Gasteiger partial charge in [0.15, 0.2) is 17.3 Å². The molecular weight excluding hydrogens is 271 g/mol. The monoisotopic (exact) mass is 294 g/mol. The lowest BCUT2D eigenvalue weighted by atomic mass is 9.80. The summed E-state index contributed by atoms with van der Waals surface area (Å²) in [5.74, 6) is -0.558. The van der Waals surface area contributed by atoms with Crippen molar-refractivity contribution in [2.75, 3.05) is 6.61 Å². The van der Waals surface area contributed by atoms with Crippen LogP contribution in [0.15, 0.2) is 12.1 Å². The molecule has 1 aromatic rings. The van der Waals surface area contributed by atoms with E-state index >= 15 is 0 Å². The Kier molecular flexibility index (Phi) is 5.21. The van der Waals surface area contributed by atoms with Crippen LogP contribution in [-0.4, -0.2) is 17.5 Å². The first kappa shape index (κ1) is 15.8. The van der Waals surface area contributed by atoms with Crippen molar-refractivity contribution in [1.82, 2.24) is 0 Å². The third-order valence-electron chi connectivity index (χ3n) is 4.29. The molecule has 1 aliphatic rings. The Hall–Kier alpha value is -1.58. The van der Waals surface area contributed by atoms with Gasteiger partial charge in [0.25, 0.3) is 0 Å². The molecule has 1 fully saturated rings. The van der Waals surface area contributed by atoms with Crippen LogP contribution in [0.25, 0.3) is 0 Å². The van der Waals surface area contributed by atoms with Crippen molar-refractivity contribution in [3.05, 3.63) is 23.5 Å². The number of hydrogen-bond acceptors (Lipinski definition) is 3. The zero-order chi connectivity index (χ0) is 15.4. The molecule has 0 bridgehead atoms. The maximum atomic E-state index is 13.9. The van der Waals surface area contributed by atoms with E-state index in [1.165, 1.54) is 12.1 Å². The molecule has 0 heterocycles. The molecule has 1 aliphatic carbocycles. The Balaban J connectivity index is 2.07. The number of phenolic OH excluding ortho intramolecular Hbond substituents is 1.